The Morgan fingerprint density at radius 2 is 1.89 bits per heavy atom. The summed E-state index contributed by atoms with van der Waals surface area (Å²) >= 11 is 0. The second kappa shape index (κ2) is 7.23. The molecule has 1 atom stereocenters. The Morgan fingerprint density at radius 3 is 2.75 bits per heavy atom. The summed E-state index contributed by atoms with van der Waals surface area (Å²) in [5.41, 5.74) is 1.57. The fraction of sp³-hybridized carbons (Fsp3) is 0.682. The van der Waals surface area contributed by atoms with E-state index in [1.165, 1.54) is 5.56 Å². The van der Waals surface area contributed by atoms with Crippen molar-refractivity contribution in [2.24, 2.45) is 11.3 Å². The highest BCUT2D eigenvalue weighted by Gasteiger charge is 2.59. The van der Waals surface area contributed by atoms with Gasteiger partial charge in [0.1, 0.15) is 0 Å². The maximum Gasteiger partial charge on any atom is 0.231 e. The Labute approximate surface area is 167 Å². The van der Waals surface area contributed by atoms with Crippen LogP contribution >= 0.6 is 0 Å². The molecular formula is C22H31N3O3. The van der Waals surface area contributed by atoms with Gasteiger partial charge in [0, 0.05) is 32.1 Å². The van der Waals surface area contributed by atoms with E-state index in [9.17, 15) is 4.79 Å². The molecule has 0 aromatic heterocycles. The molecule has 152 valence electrons. The number of rotatable bonds is 3. The predicted octanol–water partition coefficient (Wildman–Crippen LogP) is 2.18. The van der Waals surface area contributed by atoms with Crippen molar-refractivity contribution in [2.45, 2.75) is 32.2 Å². The van der Waals surface area contributed by atoms with Crippen LogP contribution in [-0.2, 0) is 11.3 Å². The van der Waals surface area contributed by atoms with Crippen LogP contribution in [0.3, 0.4) is 0 Å². The summed E-state index contributed by atoms with van der Waals surface area (Å²) in [6.07, 6.45) is 4.52. The fourth-order valence-electron chi connectivity index (χ4n) is 5.19. The topological polar surface area (TPSA) is 45.2 Å². The maximum atomic E-state index is 13.0. The minimum atomic E-state index is 0.281. The van der Waals surface area contributed by atoms with Crippen molar-refractivity contribution in [3.63, 3.8) is 0 Å². The summed E-state index contributed by atoms with van der Waals surface area (Å²) < 4.78 is 10.9. The first kappa shape index (κ1) is 18.3. The van der Waals surface area contributed by atoms with E-state index in [0.29, 0.717) is 18.1 Å². The first-order valence-electron chi connectivity index (χ1n) is 10.7. The third-order valence-corrected chi connectivity index (χ3v) is 7.21. The quantitative estimate of drug-likeness (QED) is 0.798. The van der Waals surface area contributed by atoms with Crippen molar-refractivity contribution >= 4 is 5.91 Å². The summed E-state index contributed by atoms with van der Waals surface area (Å²) in [5, 5.41) is 0. The van der Waals surface area contributed by atoms with Crippen molar-refractivity contribution < 1.29 is 14.3 Å². The molecule has 1 aliphatic carbocycles. The molecule has 3 aliphatic heterocycles. The van der Waals surface area contributed by atoms with Crippen LogP contribution in [0.25, 0.3) is 0 Å². The van der Waals surface area contributed by atoms with Crippen LogP contribution in [0.15, 0.2) is 18.2 Å². The number of ether oxygens (including phenoxy) is 2. The van der Waals surface area contributed by atoms with E-state index in [1.807, 2.05) is 6.07 Å². The van der Waals surface area contributed by atoms with Gasteiger partial charge in [-0.05, 0) is 75.5 Å². The maximum absolute atomic E-state index is 13.0. The van der Waals surface area contributed by atoms with Gasteiger partial charge in [-0.3, -0.25) is 9.69 Å². The highest BCUT2D eigenvalue weighted by atomic mass is 16.7. The van der Waals surface area contributed by atoms with Crippen molar-refractivity contribution in [1.29, 1.82) is 0 Å². The highest BCUT2D eigenvalue weighted by Crippen LogP contribution is 2.60. The SMILES string of the molecule is CN1CCCN(C(=O)C2CC23CCN(Cc2ccc4c(c2)OCO4)CC3)CC1. The number of likely N-dealkylation sites (N-methyl/N-ethyl adjacent to an activating group) is 1. The van der Waals surface area contributed by atoms with Crippen LogP contribution in [0.1, 0.15) is 31.2 Å². The number of hydrogen-bond acceptors (Lipinski definition) is 5. The van der Waals surface area contributed by atoms with Crippen molar-refractivity contribution in [1.82, 2.24) is 14.7 Å². The van der Waals surface area contributed by atoms with E-state index in [4.69, 9.17) is 9.47 Å². The van der Waals surface area contributed by atoms with Gasteiger partial charge in [0.05, 0.1) is 0 Å². The lowest BCUT2D eigenvalue weighted by Crippen LogP contribution is -2.39. The molecule has 1 unspecified atom stereocenters. The number of benzene rings is 1. The van der Waals surface area contributed by atoms with E-state index in [0.717, 1.165) is 83.0 Å². The van der Waals surface area contributed by atoms with Gasteiger partial charge >= 0.3 is 0 Å². The first-order chi connectivity index (χ1) is 13.6. The number of carbonyl (C=O) groups excluding carboxylic acids is 1. The van der Waals surface area contributed by atoms with Gasteiger partial charge < -0.3 is 19.3 Å². The number of likely N-dealkylation sites (tertiary alicyclic amines) is 1. The van der Waals surface area contributed by atoms with Crippen LogP contribution in [0.2, 0.25) is 0 Å². The molecule has 1 aromatic rings. The largest absolute Gasteiger partial charge is 0.454 e. The third kappa shape index (κ3) is 3.48. The Morgan fingerprint density at radius 1 is 1.07 bits per heavy atom. The van der Waals surface area contributed by atoms with Crippen LogP contribution in [0.4, 0.5) is 0 Å². The van der Waals surface area contributed by atoms with Crippen molar-refractivity contribution in [3.05, 3.63) is 23.8 Å². The standard InChI is InChI=1S/C22H31N3O3/c1-23-7-2-8-25(12-11-23)21(26)18-14-22(18)5-9-24(10-6-22)15-17-3-4-19-20(13-17)28-16-27-19/h3-4,13,18H,2,5-12,14-16H2,1H3. The Kier molecular flexibility index (Phi) is 4.71. The van der Waals surface area contributed by atoms with E-state index in [1.54, 1.807) is 0 Å². The molecule has 1 saturated carbocycles. The summed E-state index contributed by atoms with van der Waals surface area (Å²) in [6, 6.07) is 6.25. The number of piperidine rings is 1. The van der Waals surface area contributed by atoms with Crippen LogP contribution in [-0.4, -0.2) is 73.7 Å². The van der Waals surface area contributed by atoms with Gasteiger partial charge in [-0.25, -0.2) is 0 Å². The van der Waals surface area contributed by atoms with Gasteiger partial charge in [0.15, 0.2) is 11.5 Å². The Balaban J connectivity index is 1.14. The zero-order chi connectivity index (χ0) is 19.1. The number of nitrogens with zero attached hydrogens (tertiary/aromatic N) is 3. The number of hydrogen-bond donors (Lipinski definition) is 0. The second-order valence-corrected chi connectivity index (χ2v) is 9.06. The molecule has 3 heterocycles. The molecular weight excluding hydrogens is 354 g/mol. The normalized spacial score (nSPS) is 27.0. The molecule has 1 spiro atoms. The molecule has 6 nitrogen and oxygen atoms in total. The number of amides is 1. The molecule has 5 rings (SSSR count). The van der Waals surface area contributed by atoms with Crippen LogP contribution in [0.5, 0.6) is 11.5 Å². The summed E-state index contributed by atoms with van der Waals surface area (Å²) in [5.74, 6) is 2.42. The smallest absolute Gasteiger partial charge is 0.231 e. The van der Waals surface area contributed by atoms with E-state index >= 15 is 0 Å². The molecule has 0 bridgehead atoms. The number of fused-ring (bicyclic) bond motifs is 1. The lowest BCUT2D eigenvalue weighted by molar-refractivity contribution is -0.133. The molecule has 2 saturated heterocycles. The molecule has 0 N–H and O–H groups in total. The van der Waals surface area contributed by atoms with E-state index < -0.39 is 0 Å². The monoisotopic (exact) mass is 385 g/mol. The highest BCUT2D eigenvalue weighted by molar-refractivity contribution is 5.82. The molecule has 28 heavy (non-hydrogen) atoms. The minimum absolute atomic E-state index is 0.281. The van der Waals surface area contributed by atoms with Gasteiger partial charge in [-0.2, -0.15) is 0 Å². The van der Waals surface area contributed by atoms with Gasteiger partial charge in [-0.1, -0.05) is 6.07 Å². The Bertz CT molecular complexity index is 745. The Hall–Kier alpha value is -1.79. The fourth-order valence-corrected chi connectivity index (χ4v) is 5.19. The zero-order valence-electron chi connectivity index (χ0n) is 16.9. The lowest BCUT2D eigenvalue weighted by Gasteiger charge is -2.33. The average molecular weight is 386 g/mol. The second-order valence-electron chi connectivity index (χ2n) is 9.06. The predicted molar refractivity (Wildman–Crippen MR) is 106 cm³/mol. The molecule has 1 amide bonds. The number of carbonyl (C=O) groups is 1. The van der Waals surface area contributed by atoms with Crippen LogP contribution in [0, 0.1) is 11.3 Å². The van der Waals surface area contributed by atoms with Crippen molar-refractivity contribution in [2.75, 3.05) is 53.1 Å². The first-order valence-corrected chi connectivity index (χ1v) is 10.7. The molecule has 4 aliphatic rings. The third-order valence-electron chi connectivity index (χ3n) is 7.21. The van der Waals surface area contributed by atoms with Gasteiger partial charge in [0.25, 0.3) is 0 Å². The summed E-state index contributed by atoms with van der Waals surface area (Å²) in [6.45, 7) is 7.40. The van der Waals surface area contributed by atoms with E-state index in [-0.39, 0.29) is 5.92 Å². The average Bonchev–Trinajstić information content (AvgIpc) is 3.28. The van der Waals surface area contributed by atoms with Gasteiger partial charge in [-0.15, -0.1) is 0 Å². The summed E-state index contributed by atoms with van der Waals surface area (Å²) in [7, 11) is 2.16. The van der Waals surface area contributed by atoms with Gasteiger partial charge in [0.2, 0.25) is 12.7 Å². The molecule has 0 radical (unpaired) electrons. The molecule has 1 aromatic carbocycles. The zero-order valence-corrected chi connectivity index (χ0v) is 16.9. The van der Waals surface area contributed by atoms with Crippen LogP contribution < -0.4 is 9.47 Å². The lowest BCUT2D eigenvalue weighted by atomic mass is 9.90. The molecule has 6 heteroatoms. The van der Waals surface area contributed by atoms with Crippen molar-refractivity contribution in [3.8, 4) is 11.5 Å². The molecule has 3 fully saturated rings. The summed E-state index contributed by atoms with van der Waals surface area (Å²) in [4.78, 5) is 20.0. The van der Waals surface area contributed by atoms with E-state index in [2.05, 4.69) is 33.9 Å². The minimum Gasteiger partial charge on any atom is -0.454 e.